The SMILES string of the molecule is CCc1noc(CC)c1CNC(=NC)NCCCc1cccc(F)c1.I. The number of benzene rings is 1. The molecule has 0 unspecified atom stereocenters. The molecule has 0 spiro atoms. The standard InChI is InChI=1S/C19H27FN4O.HI/c1-4-17-16(18(5-2)25-24-17)13-23-19(21-3)22-11-7-9-14-8-6-10-15(20)12-14;/h6,8,10,12H,4-5,7,9,11,13H2,1-3H3,(H2,21,22,23);1H. The van der Waals surface area contributed by atoms with E-state index in [9.17, 15) is 4.39 Å². The van der Waals surface area contributed by atoms with E-state index in [0.717, 1.165) is 60.8 Å². The molecule has 0 saturated heterocycles. The molecule has 0 bridgehead atoms. The highest BCUT2D eigenvalue weighted by molar-refractivity contribution is 14.0. The normalized spacial score (nSPS) is 11.2. The third-order valence-electron chi connectivity index (χ3n) is 4.09. The first-order valence-corrected chi connectivity index (χ1v) is 8.83. The zero-order chi connectivity index (χ0) is 18.1. The number of rotatable bonds is 8. The summed E-state index contributed by atoms with van der Waals surface area (Å²) >= 11 is 0. The lowest BCUT2D eigenvalue weighted by molar-refractivity contribution is 0.380. The van der Waals surface area contributed by atoms with E-state index in [-0.39, 0.29) is 29.8 Å². The lowest BCUT2D eigenvalue weighted by atomic mass is 10.1. The average molecular weight is 474 g/mol. The van der Waals surface area contributed by atoms with Crippen molar-refractivity contribution in [3.8, 4) is 0 Å². The van der Waals surface area contributed by atoms with Gasteiger partial charge in [0.05, 0.1) is 5.69 Å². The molecule has 5 nitrogen and oxygen atoms in total. The van der Waals surface area contributed by atoms with Crippen LogP contribution < -0.4 is 10.6 Å². The van der Waals surface area contributed by atoms with E-state index in [1.54, 1.807) is 19.2 Å². The van der Waals surface area contributed by atoms with Gasteiger partial charge in [-0.15, -0.1) is 24.0 Å². The van der Waals surface area contributed by atoms with E-state index in [0.29, 0.717) is 6.54 Å². The van der Waals surface area contributed by atoms with Crippen LogP contribution in [0, 0.1) is 5.82 Å². The first-order chi connectivity index (χ1) is 12.2. The third kappa shape index (κ3) is 6.59. The predicted molar refractivity (Wildman–Crippen MR) is 114 cm³/mol. The Hall–Kier alpha value is -1.64. The van der Waals surface area contributed by atoms with Crippen molar-refractivity contribution in [1.82, 2.24) is 15.8 Å². The molecule has 0 radical (unpaired) electrons. The van der Waals surface area contributed by atoms with Crippen LogP contribution in [0.1, 0.15) is 42.8 Å². The molecule has 1 heterocycles. The van der Waals surface area contributed by atoms with Crippen LogP contribution in [0.5, 0.6) is 0 Å². The van der Waals surface area contributed by atoms with Gasteiger partial charge >= 0.3 is 0 Å². The van der Waals surface area contributed by atoms with Crippen LogP contribution in [-0.4, -0.2) is 24.7 Å². The fourth-order valence-corrected chi connectivity index (χ4v) is 2.72. The Bertz CT molecular complexity index is 681. The van der Waals surface area contributed by atoms with Gasteiger partial charge in [0, 0.05) is 32.1 Å². The minimum atomic E-state index is -0.185. The Balaban J connectivity index is 0.00000338. The largest absolute Gasteiger partial charge is 0.361 e. The number of halogens is 2. The molecule has 2 aromatic rings. The number of aliphatic imine (C=N–C) groups is 1. The molecule has 0 aliphatic heterocycles. The summed E-state index contributed by atoms with van der Waals surface area (Å²) in [7, 11) is 1.75. The first-order valence-electron chi connectivity index (χ1n) is 8.83. The van der Waals surface area contributed by atoms with Gasteiger partial charge in [0.15, 0.2) is 5.96 Å². The number of aryl methyl sites for hydroxylation is 3. The Morgan fingerprint density at radius 1 is 1.23 bits per heavy atom. The van der Waals surface area contributed by atoms with Crippen LogP contribution in [0.4, 0.5) is 4.39 Å². The summed E-state index contributed by atoms with van der Waals surface area (Å²) in [4.78, 5) is 4.24. The van der Waals surface area contributed by atoms with E-state index in [1.165, 1.54) is 6.07 Å². The number of nitrogens with zero attached hydrogens (tertiary/aromatic N) is 2. The number of guanidine groups is 1. The number of hydrogen-bond donors (Lipinski definition) is 2. The van der Waals surface area contributed by atoms with Gasteiger partial charge in [0.2, 0.25) is 0 Å². The second-order valence-corrected chi connectivity index (χ2v) is 5.82. The van der Waals surface area contributed by atoms with Gasteiger partial charge in [0.1, 0.15) is 11.6 Å². The lowest BCUT2D eigenvalue weighted by Gasteiger charge is -2.12. The zero-order valence-electron chi connectivity index (χ0n) is 15.6. The van der Waals surface area contributed by atoms with E-state index < -0.39 is 0 Å². The van der Waals surface area contributed by atoms with Crippen LogP contribution in [0.2, 0.25) is 0 Å². The molecule has 0 atom stereocenters. The summed E-state index contributed by atoms with van der Waals surface area (Å²) in [6, 6.07) is 6.74. The topological polar surface area (TPSA) is 62.5 Å². The summed E-state index contributed by atoms with van der Waals surface area (Å²) in [5.74, 6) is 1.48. The van der Waals surface area contributed by atoms with E-state index in [4.69, 9.17) is 4.52 Å². The number of nitrogens with one attached hydrogen (secondary N) is 2. The summed E-state index contributed by atoms with van der Waals surface area (Å²) in [5, 5.41) is 10.7. The number of aromatic nitrogens is 1. The van der Waals surface area contributed by atoms with Crippen LogP contribution in [0.25, 0.3) is 0 Å². The summed E-state index contributed by atoms with van der Waals surface area (Å²) in [5.41, 5.74) is 3.12. The first kappa shape index (κ1) is 22.4. The predicted octanol–water partition coefficient (Wildman–Crippen LogP) is 3.85. The van der Waals surface area contributed by atoms with Crippen LogP contribution in [0.3, 0.4) is 0 Å². The highest BCUT2D eigenvalue weighted by Gasteiger charge is 2.13. The van der Waals surface area contributed by atoms with Crippen molar-refractivity contribution in [2.24, 2.45) is 4.99 Å². The monoisotopic (exact) mass is 474 g/mol. The third-order valence-corrected chi connectivity index (χ3v) is 4.09. The summed E-state index contributed by atoms with van der Waals surface area (Å²) in [6.07, 6.45) is 3.40. The maximum atomic E-state index is 13.2. The van der Waals surface area contributed by atoms with Gasteiger partial charge in [-0.25, -0.2) is 4.39 Å². The lowest BCUT2D eigenvalue weighted by Crippen LogP contribution is -2.37. The van der Waals surface area contributed by atoms with E-state index in [2.05, 4.69) is 34.6 Å². The van der Waals surface area contributed by atoms with Gasteiger partial charge < -0.3 is 15.2 Å². The van der Waals surface area contributed by atoms with Crippen molar-refractivity contribution in [3.05, 3.63) is 52.7 Å². The van der Waals surface area contributed by atoms with Gasteiger partial charge in [-0.05, 0) is 37.0 Å². The molecule has 1 aromatic heterocycles. The van der Waals surface area contributed by atoms with Crippen molar-refractivity contribution in [2.45, 2.75) is 46.1 Å². The van der Waals surface area contributed by atoms with Gasteiger partial charge in [0.25, 0.3) is 0 Å². The Morgan fingerprint density at radius 3 is 2.69 bits per heavy atom. The average Bonchev–Trinajstić information content (AvgIpc) is 3.03. The Morgan fingerprint density at radius 2 is 2.04 bits per heavy atom. The number of hydrogen-bond acceptors (Lipinski definition) is 3. The highest BCUT2D eigenvalue weighted by atomic mass is 127. The second-order valence-electron chi connectivity index (χ2n) is 5.82. The molecule has 0 aliphatic carbocycles. The fourth-order valence-electron chi connectivity index (χ4n) is 2.72. The van der Waals surface area contributed by atoms with Crippen LogP contribution in [-0.2, 0) is 25.8 Å². The molecule has 7 heteroatoms. The molecular weight excluding hydrogens is 446 g/mol. The van der Waals surface area contributed by atoms with E-state index in [1.807, 2.05) is 6.07 Å². The molecule has 2 rings (SSSR count). The minimum Gasteiger partial charge on any atom is -0.361 e. The van der Waals surface area contributed by atoms with Crippen molar-refractivity contribution in [3.63, 3.8) is 0 Å². The van der Waals surface area contributed by atoms with Crippen LogP contribution >= 0.6 is 24.0 Å². The molecule has 26 heavy (non-hydrogen) atoms. The van der Waals surface area contributed by atoms with Gasteiger partial charge in [-0.3, -0.25) is 4.99 Å². The Kier molecular flexibility index (Phi) is 10.2. The maximum Gasteiger partial charge on any atom is 0.191 e. The highest BCUT2D eigenvalue weighted by Crippen LogP contribution is 2.15. The maximum absolute atomic E-state index is 13.2. The smallest absolute Gasteiger partial charge is 0.191 e. The van der Waals surface area contributed by atoms with Gasteiger partial charge in [-0.1, -0.05) is 31.1 Å². The molecule has 2 N–H and O–H groups in total. The van der Waals surface area contributed by atoms with Crippen molar-refractivity contribution < 1.29 is 8.91 Å². The minimum absolute atomic E-state index is 0. The summed E-state index contributed by atoms with van der Waals surface area (Å²) in [6.45, 7) is 5.53. The molecule has 0 fully saturated rings. The molecular formula is C19H28FIN4O. The van der Waals surface area contributed by atoms with Crippen molar-refractivity contribution in [2.75, 3.05) is 13.6 Å². The van der Waals surface area contributed by atoms with E-state index >= 15 is 0 Å². The quantitative estimate of drug-likeness (QED) is 0.264. The van der Waals surface area contributed by atoms with Crippen molar-refractivity contribution in [1.29, 1.82) is 0 Å². The Labute approximate surface area is 171 Å². The van der Waals surface area contributed by atoms with Gasteiger partial charge in [-0.2, -0.15) is 0 Å². The summed E-state index contributed by atoms with van der Waals surface area (Å²) < 4.78 is 18.5. The zero-order valence-corrected chi connectivity index (χ0v) is 18.0. The molecule has 0 amide bonds. The second kappa shape index (κ2) is 11.9. The molecule has 1 aromatic carbocycles. The molecule has 0 saturated carbocycles. The fraction of sp³-hybridized carbons (Fsp3) is 0.474. The molecule has 0 aliphatic rings. The molecule has 144 valence electrons. The van der Waals surface area contributed by atoms with Crippen molar-refractivity contribution >= 4 is 29.9 Å². The van der Waals surface area contributed by atoms with Crippen LogP contribution in [0.15, 0.2) is 33.8 Å².